The molecule has 4 fully saturated rings. The molecule has 10 aromatic carbocycles. The summed E-state index contributed by atoms with van der Waals surface area (Å²) in [4.78, 5) is 88.4. The van der Waals surface area contributed by atoms with Crippen LogP contribution in [0.2, 0.25) is 10.0 Å². The summed E-state index contributed by atoms with van der Waals surface area (Å²) >= 11 is 12.8. The molecule has 6 aromatic heterocycles. The van der Waals surface area contributed by atoms with Gasteiger partial charge in [-0.1, -0.05) is 77.8 Å². The Balaban J connectivity index is 0.000000129. The number of fused-ring (bicyclic) bond motifs is 4. The van der Waals surface area contributed by atoms with Crippen molar-refractivity contribution in [2.75, 3.05) is 87.7 Å². The van der Waals surface area contributed by atoms with Crippen molar-refractivity contribution in [2.45, 2.75) is 92.9 Å². The number of aromatic nitrogens is 8. The van der Waals surface area contributed by atoms with E-state index in [2.05, 4.69) is 56.2 Å². The summed E-state index contributed by atoms with van der Waals surface area (Å²) in [5.41, 5.74) is 19.9. The van der Waals surface area contributed by atoms with Gasteiger partial charge in [0.15, 0.2) is 11.6 Å². The van der Waals surface area contributed by atoms with E-state index in [4.69, 9.17) is 28.2 Å². The first-order valence-electron chi connectivity index (χ1n) is 45.6. The predicted molar refractivity (Wildman–Crippen MR) is 557 cm³/mol. The van der Waals surface area contributed by atoms with Crippen LogP contribution in [0.25, 0.3) is 88.9 Å². The first-order chi connectivity index (χ1) is 67.3. The quantitative estimate of drug-likeness (QED) is 0.0698. The summed E-state index contributed by atoms with van der Waals surface area (Å²) < 4.78 is 105. The number of carbonyl (C=O) groups excluding carboxylic acids is 4. The Bertz CT molecular complexity index is 7510. The number of nitrogens with one attached hydrogen (secondary N) is 4. The van der Waals surface area contributed by atoms with Gasteiger partial charge >= 0.3 is 0 Å². The molecular formula is C106H98Cl2N16O12S4. The molecule has 712 valence electrons. The van der Waals surface area contributed by atoms with Crippen molar-refractivity contribution in [3.8, 4) is 45.3 Å². The molecule has 4 N–H and O–H groups in total. The largest absolute Gasteiger partial charge is 0.322 e. The van der Waals surface area contributed by atoms with Crippen molar-refractivity contribution >= 4 is 176 Å². The van der Waals surface area contributed by atoms with Crippen LogP contribution in [-0.2, 0) is 40.1 Å². The molecule has 16 aromatic rings. The van der Waals surface area contributed by atoms with E-state index in [0.29, 0.717) is 142 Å². The number of hydrogen-bond acceptors (Lipinski definition) is 20. The zero-order valence-corrected chi connectivity index (χ0v) is 82.1. The van der Waals surface area contributed by atoms with Gasteiger partial charge in [0.05, 0.1) is 94.8 Å². The highest BCUT2D eigenvalue weighted by Gasteiger charge is 2.32. The summed E-state index contributed by atoms with van der Waals surface area (Å²) in [5, 5.41) is 16.2. The van der Waals surface area contributed by atoms with E-state index in [9.17, 15) is 52.8 Å². The maximum absolute atomic E-state index is 13.1. The third kappa shape index (κ3) is 21.9. The van der Waals surface area contributed by atoms with E-state index >= 15 is 0 Å². The number of sulfonamides is 4. The highest BCUT2D eigenvalue weighted by atomic mass is 35.5. The fourth-order valence-corrected chi connectivity index (χ4v) is 24.3. The molecule has 140 heavy (non-hydrogen) atoms. The molecule has 4 aliphatic heterocycles. The van der Waals surface area contributed by atoms with Gasteiger partial charge < -0.3 is 21.3 Å². The second-order valence-corrected chi connectivity index (χ2v) is 43.5. The van der Waals surface area contributed by atoms with Crippen LogP contribution in [0.5, 0.6) is 0 Å². The summed E-state index contributed by atoms with van der Waals surface area (Å²) in [7, 11) is -13.3. The topological polar surface area (TPSA) is 369 Å². The van der Waals surface area contributed by atoms with E-state index in [0.717, 1.165) is 125 Å². The first kappa shape index (κ1) is 97.1. The second-order valence-electron chi connectivity index (χ2n) is 34.6. The Morgan fingerprint density at radius 2 is 0.686 bits per heavy atom. The van der Waals surface area contributed by atoms with Crippen molar-refractivity contribution in [1.29, 1.82) is 0 Å². The van der Waals surface area contributed by atoms with Gasteiger partial charge in [-0.15, -0.1) is 0 Å². The lowest BCUT2D eigenvalue weighted by Crippen LogP contribution is -2.37. The van der Waals surface area contributed by atoms with Gasteiger partial charge in [-0.25, -0.2) is 58.6 Å². The van der Waals surface area contributed by atoms with E-state index in [1.54, 1.807) is 135 Å². The zero-order chi connectivity index (χ0) is 98.3. The summed E-state index contributed by atoms with van der Waals surface area (Å²) in [6.07, 6.45) is 16.5. The molecule has 4 aliphatic rings. The maximum atomic E-state index is 13.1. The predicted octanol–water partition coefficient (Wildman–Crippen LogP) is 21.1. The Kier molecular flexibility index (Phi) is 28.9. The molecule has 0 unspecified atom stereocenters. The number of para-hydroxylation sites is 2. The van der Waals surface area contributed by atoms with Crippen LogP contribution >= 0.6 is 23.2 Å². The molecule has 0 aliphatic carbocycles. The number of anilines is 8. The van der Waals surface area contributed by atoms with E-state index in [1.165, 1.54) is 23.3 Å². The normalized spacial score (nSPS) is 15.2. The number of pyridine rings is 4. The molecule has 4 amide bonds. The first-order valence-corrected chi connectivity index (χ1v) is 52.8. The minimum absolute atomic E-state index is 0.115. The van der Waals surface area contributed by atoms with Crippen LogP contribution in [0.3, 0.4) is 0 Å². The van der Waals surface area contributed by atoms with Crippen LogP contribution < -0.4 is 38.5 Å². The average molecular weight is 1990 g/mol. The Morgan fingerprint density at radius 3 is 1.15 bits per heavy atom. The van der Waals surface area contributed by atoms with Crippen molar-refractivity contribution in [1.82, 2.24) is 39.9 Å². The van der Waals surface area contributed by atoms with Gasteiger partial charge in [0.25, 0.3) is 23.6 Å². The van der Waals surface area contributed by atoms with Gasteiger partial charge in [-0.2, -0.15) is 0 Å². The molecule has 0 atom stereocenters. The second kappa shape index (κ2) is 41.6. The number of amides is 4. The van der Waals surface area contributed by atoms with Crippen molar-refractivity contribution in [3.63, 3.8) is 0 Å². The molecule has 0 saturated carbocycles. The fraction of sp³-hybridized carbons (Fsp3) is 0.208. The van der Waals surface area contributed by atoms with Crippen molar-refractivity contribution < 1.29 is 52.8 Å². The van der Waals surface area contributed by atoms with E-state index in [-0.39, 0.29) is 51.3 Å². The molecule has 0 bridgehead atoms. The Labute approximate surface area is 822 Å². The van der Waals surface area contributed by atoms with Gasteiger partial charge in [0.2, 0.25) is 40.1 Å². The van der Waals surface area contributed by atoms with Gasteiger partial charge in [-0.05, 0) is 302 Å². The Morgan fingerprint density at radius 1 is 0.300 bits per heavy atom. The minimum Gasteiger partial charge on any atom is -0.322 e. The summed E-state index contributed by atoms with van der Waals surface area (Å²) in [6.45, 7) is 13.2. The SMILES string of the molecule is Cc1cc(N2CCCCS2(=O)=O)ccc1C(=O)Nc1ccc(C)c(-c2ccc3cnccc3n2)c1.Cc1cc(N2CCCCS2(=O)=O)ccc1C(=O)Nc1ccc(C)c(-c2nccc3ncccc23)c1.Cc1cc(N2CCCCS2(=O)=O)ccc1C(=O)Nc1ccc(Cl)c(-c2ncc3ccccc3n2)c1.Cc1ccc(NC(=O)c2ccc(N3CCCCS3(=O)=O)cc2Cl)cc1-c1ncc2ccccc2n1. The monoisotopic (exact) mass is 1980 g/mol. The molecule has 28 nitrogen and oxygen atoms in total. The zero-order valence-electron chi connectivity index (χ0n) is 77.4. The third-order valence-corrected chi connectivity index (χ3v) is 33.0. The molecule has 34 heteroatoms. The van der Waals surface area contributed by atoms with E-state index < -0.39 is 46.0 Å². The average Bonchev–Trinajstić information content (AvgIpc) is 0.801. The van der Waals surface area contributed by atoms with Gasteiger partial charge in [0, 0.05) is 147 Å². The number of rotatable bonds is 16. The van der Waals surface area contributed by atoms with Gasteiger partial charge in [0.1, 0.15) is 0 Å². The van der Waals surface area contributed by atoms with Crippen LogP contribution in [0.4, 0.5) is 45.5 Å². The van der Waals surface area contributed by atoms with Crippen LogP contribution in [0.1, 0.15) is 126 Å². The molecule has 20 rings (SSSR count). The molecule has 10 heterocycles. The number of aryl methyl sites for hydroxylation is 6. The third-order valence-electron chi connectivity index (χ3n) is 24.8. The highest BCUT2D eigenvalue weighted by Crippen LogP contribution is 2.38. The van der Waals surface area contributed by atoms with Gasteiger partial charge in [-0.3, -0.25) is 51.4 Å². The summed E-state index contributed by atoms with van der Waals surface area (Å²) in [5.74, 6) is 0.424. The number of hydrogen-bond donors (Lipinski definition) is 4. The number of carbonyl (C=O) groups is 4. The fourth-order valence-electron chi connectivity index (χ4n) is 17.3. The number of benzene rings is 10. The number of nitrogens with zero attached hydrogens (tertiary/aromatic N) is 12. The highest BCUT2D eigenvalue weighted by molar-refractivity contribution is 7.93. The maximum Gasteiger partial charge on any atom is 0.257 e. The van der Waals surface area contributed by atoms with Crippen molar-refractivity contribution in [2.24, 2.45) is 0 Å². The van der Waals surface area contributed by atoms with Crippen LogP contribution in [-0.4, -0.2) is 146 Å². The lowest BCUT2D eigenvalue weighted by Gasteiger charge is -2.28. The smallest absolute Gasteiger partial charge is 0.257 e. The molecule has 4 saturated heterocycles. The van der Waals surface area contributed by atoms with Crippen LogP contribution in [0.15, 0.2) is 268 Å². The number of halogens is 2. The lowest BCUT2D eigenvalue weighted by molar-refractivity contribution is 0.101. The minimum atomic E-state index is -3.36. The lowest BCUT2D eigenvalue weighted by atomic mass is 10.0. The van der Waals surface area contributed by atoms with Crippen LogP contribution in [0, 0.1) is 41.5 Å². The summed E-state index contributed by atoms with van der Waals surface area (Å²) in [6, 6.07) is 69.3. The Hall–Kier alpha value is -14.5. The standard InChI is InChI=1S/2C27H26N4O3S.2C26H23ClN4O3S/c1-18-5-7-21(16-24(18)26-10-6-20-17-28-12-11-25(20)30-26)29-27(32)23-9-8-22(15-19(23)2)31-13-3-4-14-35(31,33)34;1-18-7-8-20(17-24(18)26-23-6-5-12-28-25(23)11-13-29-26)30-27(32)22-10-9-21(16-19(22)2)31-14-3-4-15-35(31,33)34;1-17-14-20(31-12-4-5-13-35(31,33)34)9-10-21(17)26(32)29-19-8-11-23(27)22(15-19)25-28-16-18-6-2-3-7-24(18)30-25;1-17-8-9-19(14-22(17)25-28-16-18-6-2-3-7-24(18)30-25)29-26(32)21-11-10-20(15-23(21)27)31-12-4-5-13-35(31,33)34/h5-12,15-17H,3-4,13-14H2,1-2H3,(H,29,32);5-13,16-17H,3-4,14-15H2,1-2H3,(H,30,32);2*2-3,6-11,14-16H,4-5,12-13H2,1H3,(H,29,32). The molecular weight excluding hydrogens is 1890 g/mol. The molecule has 0 spiro atoms. The van der Waals surface area contributed by atoms with Crippen molar-refractivity contribution in [3.05, 3.63) is 333 Å². The molecule has 0 radical (unpaired) electrons. The van der Waals surface area contributed by atoms with E-state index in [1.807, 2.05) is 168 Å².